The molecular weight excluding hydrogens is 148 g/mol. The smallest absolute Gasteiger partial charge is 0.178 e. The molecule has 1 heteroatoms. The third kappa shape index (κ3) is 2.70. The van der Waals surface area contributed by atoms with E-state index in [1.54, 1.807) is 18.2 Å². The van der Waals surface area contributed by atoms with Gasteiger partial charge < -0.3 is 0 Å². The van der Waals surface area contributed by atoms with Gasteiger partial charge in [-0.05, 0) is 24.1 Å². The first-order chi connectivity index (χ1) is 5.83. The highest BCUT2D eigenvalue weighted by Gasteiger charge is 1.82. The Morgan fingerprint density at radius 1 is 1.25 bits per heavy atom. The molecule has 0 spiro atoms. The van der Waals surface area contributed by atoms with E-state index in [0.29, 0.717) is 0 Å². The summed E-state index contributed by atoms with van der Waals surface area (Å²) in [5.74, 6) is 0. The molecule has 0 fully saturated rings. The lowest BCUT2D eigenvalue weighted by Crippen LogP contribution is -1.87. The van der Waals surface area contributed by atoms with Crippen LogP contribution in [0.25, 0.3) is 6.08 Å². The van der Waals surface area contributed by atoms with Crippen LogP contribution in [0, 0.1) is 0 Å². The first-order valence-corrected chi connectivity index (χ1v) is 4.10. The summed E-state index contributed by atoms with van der Waals surface area (Å²) < 4.78 is 0. The monoisotopic (exact) mass is 160 g/mol. The summed E-state index contributed by atoms with van der Waals surface area (Å²) in [5, 5.41) is 0. The van der Waals surface area contributed by atoms with E-state index in [4.69, 9.17) is 0 Å². The van der Waals surface area contributed by atoms with Gasteiger partial charge in [0.2, 0.25) is 0 Å². The van der Waals surface area contributed by atoms with Gasteiger partial charge in [-0.25, -0.2) is 0 Å². The van der Waals surface area contributed by atoms with Crippen LogP contribution in [0.2, 0.25) is 0 Å². The molecule has 62 valence electrons. The molecule has 0 radical (unpaired) electrons. The molecule has 0 aliphatic rings. The number of rotatable bonds is 2. The van der Waals surface area contributed by atoms with E-state index >= 15 is 0 Å². The Morgan fingerprint density at radius 3 is 2.83 bits per heavy atom. The van der Waals surface area contributed by atoms with Crippen molar-refractivity contribution in [2.24, 2.45) is 0 Å². The van der Waals surface area contributed by atoms with E-state index < -0.39 is 0 Å². The summed E-state index contributed by atoms with van der Waals surface area (Å²) in [6.07, 6.45) is 5.10. The summed E-state index contributed by atoms with van der Waals surface area (Å²) in [5.41, 5.74) is 1.12. The third-order valence-corrected chi connectivity index (χ3v) is 1.54. The second-order valence-corrected chi connectivity index (χ2v) is 2.57. The molecule has 1 rings (SSSR count). The van der Waals surface area contributed by atoms with Crippen molar-refractivity contribution in [1.82, 2.24) is 0 Å². The van der Waals surface area contributed by atoms with Gasteiger partial charge in [0.05, 0.1) is 0 Å². The number of allylic oxidation sites excluding steroid dienone is 1. The van der Waals surface area contributed by atoms with Gasteiger partial charge in [0.1, 0.15) is 0 Å². The van der Waals surface area contributed by atoms with Crippen LogP contribution in [0.5, 0.6) is 0 Å². The molecule has 0 saturated carbocycles. The fourth-order valence-electron chi connectivity index (χ4n) is 0.909. The zero-order valence-electron chi connectivity index (χ0n) is 7.16. The Bertz CT molecular complexity index is 326. The second-order valence-electron chi connectivity index (χ2n) is 2.57. The fraction of sp³-hybridized carbons (Fsp3) is 0.182. The van der Waals surface area contributed by atoms with E-state index in [1.807, 2.05) is 18.2 Å². The Morgan fingerprint density at radius 2 is 2.08 bits per heavy atom. The van der Waals surface area contributed by atoms with Gasteiger partial charge in [-0.1, -0.05) is 37.3 Å². The SMILES string of the molecule is CC/C=C/c1cccc(=O)cc1. The third-order valence-electron chi connectivity index (χ3n) is 1.54. The van der Waals surface area contributed by atoms with E-state index in [9.17, 15) is 4.79 Å². The molecule has 1 nitrogen and oxygen atoms in total. The average Bonchev–Trinajstić information content (AvgIpc) is 2.27. The predicted molar refractivity (Wildman–Crippen MR) is 52.0 cm³/mol. The second kappa shape index (κ2) is 4.50. The normalized spacial score (nSPS) is 10.4. The van der Waals surface area contributed by atoms with Gasteiger partial charge in [0.25, 0.3) is 0 Å². The van der Waals surface area contributed by atoms with Crippen LogP contribution in [0.15, 0.2) is 41.2 Å². The van der Waals surface area contributed by atoms with Crippen molar-refractivity contribution in [1.29, 1.82) is 0 Å². The van der Waals surface area contributed by atoms with Crippen molar-refractivity contribution in [3.05, 3.63) is 52.2 Å². The van der Waals surface area contributed by atoms with Gasteiger partial charge in [-0.2, -0.15) is 0 Å². The van der Waals surface area contributed by atoms with Crippen LogP contribution >= 0.6 is 0 Å². The van der Waals surface area contributed by atoms with E-state index in [2.05, 4.69) is 13.0 Å². The molecule has 0 aliphatic carbocycles. The summed E-state index contributed by atoms with van der Waals surface area (Å²) >= 11 is 0. The maximum absolute atomic E-state index is 10.9. The number of hydrogen-bond donors (Lipinski definition) is 0. The summed E-state index contributed by atoms with van der Waals surface area (Å²) in [4.78, 5) is 10.9. The maximum atomic E-state index is 10.9. The van der Waals surface area contributed by atoms with Crippen molar-refractivity contribution in [3.63, 3.8) is 0 Å². The largest absolute Gasteiger partial charge is 0.290 e. The van der Waals surface area contributed by atoms with Crippen molar-refractivity contribution in [3.8, 4) is 0 Å². The molecule has 1 aromatic carbocycles. The fourth-order valence-corrected chi connectivity index (χ4v) is 0.909. The highest BCUT2D eigenvalue weighted by molar-refractivity contribution is 5.47. The minimum atomic E-state index is 0.0474. The Hall–Kier alpha value is -1.37. The number of hydrogen-bond acceptors (Lipinski definition) is 1. The molecule has 0 saturated heterocycles. The maximum Gasteiger partial charge on any atom is 0.178 e. The highest BCUT2D eigenvalue weighted by Crippen LogP contribution is 1.98. The quantitative estimate of drug-likeness (QED) is 0.649. The molecule has 0 unspecified atom stereocenters. The minimum absolute atomic E-state index is 0.0474. The zero-order chi connectivity index (χ0) is 8.81. The molecular formula is C11H12O. The standard InChI is InChI=1S/C11H12O/c1-2-3-5-10-6-4-7-11(12)9-8-10/h3-9H,2H2,1H3/b5-3+. The van der Waals surface area contributed by atoms with Crippen molar-refractivity contribution < 1.29 is 0 Å². The first kappa shape index (κ1) is 8.72. The minimum Gasteiger partial charge on any atom is -0.290 e. The van der Waals surface area contributed by atoms with Crippen molar-refractivity contribution >= 4 is 6.08 Å². The molecule has 0 N–H and O–H groups in total. The predicted octanol–water partition coefficient (Wildman–Crippen LogP) is 2.47. The molecule has 1 aromatic rings. The molecule has 0 heterocycles. The topological polar surface area (TPSA) is 17.1 Å². The Labute approximate surface area is 72.4 Å². The Kier molecular flexibility index (Phi) is 3.27. The summed E-state index contributed by atoms with van der Waals surface area (Å²) in [7, 11) is 0. The van der Waals surface area contributed by atoms with Crippen LogP contribution in [-0.2, 0) is 0 Å². The van der Waals surface area contributed by atoms with E-state index in [0.717, 1.165) is 12.0 Å². The summed E-state index contributed by atoms with van der Waals surface area (Å²) in [6, 6.07) is 8.67. The molecule has 0 atom stereocenters. The van der Waals surface area contributed by atoms with Gasteiger partial charge >= 0.3 is 0 Å². The lowest BCUT2D eigenvalue weighted by Gasteiger charge is -1.83. The van der Waals surface area contributed by atoms with Gasteiger partial charge in [0.15, 0.2) is 5.43 Å². The molecule has 0 bridgehead atoms. The molecule has 0 amide bonds. The van der Waals surface area contributed by atoms with Crippen LogP contribution < -0.4 is 5.43 Å². The Balaban J connectivity index is 2.97. The van der Waals surface area contributed by atoms with Gasteiger partial charge in [0, 0.05) is 0 Å². The average molecular weight is 160 g/mol. The lowest BCUT2D eigenvalue weighted by molar-refractivity contribution is 1.23. The van der Waals surface area contributed by atoms with E-state index in [1.165, 1.54) is 0 Å². The van der Waals surface area contributed by atoms with Crippen LogP contribution in [0.4, 0.5) is 0 Å². The first-order valence-electron chi connectivity index (χ1n) is 4.10. The van der Waals surface area contributed by atoms with Crippen LogP contribution in [0.3, 0.4) is 0 Å². The van der Waals surface area contributed by atoms with Gasteiger partial charge in [-0.3, -0.25) is 4.79 Å². The van der Waals surface area contributed by atoms with Crippen LogP contribution in [-0.4, -0.2) is 0 Å². The zero-order valence-corrected chi connectivity index (χ0v) is 7.16. The summed E-state index contributed by atoms with van der Waals surface area (Å²) in [6.45, 7) is 2.08. The van der Waals surface area contributed by atoms with Crippen molar-refractivity contribution in [2.45, 2.75) is 13.3 Å². The lowest BCUT2D eigenvalue weighted by atomic mass is 10.2. The van der Waals surface area contributed by atoms with Gasteiger partial charge in [-0.15, -0.1) is 0 Å². The molecule has 12 heavy (non-hydrogen) atoms. The van der Waals surface area contributed by atoms with Crippen LogP contribution in [0.1, 0.15) is 18.9 Å². The van der Waals surface area contributed by atoms with E-state index in [-0.39, 0.29) is 5.43 Å². The molecule has 0 aliphatic heterocycles. The molecule has 0 aromatic heterocycles. The highest BCUT2D eigenvalue weighted by atomic mass is 16.1. The van der Waals surface area contributed by atoms with Crippen molar-refractivity contribution in [2.75, 3.05) is 0 Å².